The molecule has 33 heavy (non-hydrogen) atoms. The van der Waals surface area contributed by atoms with Crippen molar-refractivity contribution in [1.82, 2.24) is 15.0 Å². The molecule has 174 valence electrons. The van der Waals surface area contributed by atoms with Gasteiger partial charge in [0, 0.05) is 37.5 Å². The van der Waals surface area contributed by atoms with E-state index in [9.17, 15) is 4.39 Å². The first-order valence-corrected chi connectivity index (χ1v) is 11.4. The van der Waals surface area contributed by atoms with E-state index in [1.807, 2.05) is 24.3 Å². The topological polar surface area (TPSA) is 75.5 Å². The third-order valence-corrected chi connectivity index (χ3v) is 4.85. The van der Waals surface area contributed by atoms with Crippen LogP contribution in [0.3, 0.4) is 0 Å². The van der Waals surface area contributed by atoms with Crippen molar-refractivity contribution in [2.45, 2.75) is 39.5 Å². The quantitative estimate of drug-likeness (QED) is 0.289. The lowest BCUT2D eigenvalue weighted by Crippen LogP contribution is -2.26. The molecule has 1 N–H and O–H groups in total. The maximum absolute atomic E-state index is 13.4. The Morgan fingerprint density at radius 2 is 1.97 bits per heavy atom. The number of hydrogen-bond acceptors (Lipinski definition) is 7. The summed E-state index contributed by atoms with van der Waals surface area (Å²) in [7, 11) is 0. The molecule has 0 atom stereocenters. The van der Waals surface area contributed by atoms with Gasteiger partial charge in [-0.2, -0.15) is 15.1 Å². The first-order chi connectivity index (χ1) is 16.2. The van der Waals surface area contributed by atoms with E-state index in [1.54, 1.807) is 24.5 Å². The van der Waals surface area contributed by atoms with E-state index in [0.29, 0.717) is 24.4 Å². The number of benzene rings is 1. The Morgan fingerprint density at radius 3 is 2.73 bits per heavy atom. The van der Waals surface area contributed by atoms with Crippen molar-refractivity contribution in [2.24, 2.45) is 5.10 Å². The standard InChI is InChI=1S/C25H31FN6O/c1-3-5-15-32(14-4-2)24-18-23(31-28-19-20-9-8-10-21(26)17-20)29-25(30-24)33-16-12-22-11-6-7-13-27-22/h6-11,13,17-19H,3-5,12,14-16H2,1-2H3,(H,29,30,31)/b28-19+. The molecule has 0 amide bonds. The highest BCUT2D eigenvalue weighted by atomic mass is 19.1. The molecule has 0 saturated heterocycles. The summed E-state index contributed by atoms with van der Waals surface area (Å²) in [4.78, 5) is 15.7. The maximum Gasteiger partial charge on any atom is 0.320 e. The zero-order chi connectivity index (χ0) is 23.3. The van der Waals surface area contributed by atoms with Crippen LogP contribution in [0.5, 0.6) is 6.01 Å². The van der Waals surface area contributed by atoms with Gasteiger partial charge in [-0.05, 0) is 42.7 Å². The average molecular weight is 451 g/mol. The molecule has 2 aromatic heterocycles. The summed E-state index contributed by atoms with van der Waals surface area (Å²) in [5.41, 5.74) is 4.53. The van der Waals surface area contributed by atoms with Crippen LogP contribution in [0.2, 0.25) is 0 Å². The van der Waals surface area contributed by atoms with Gasteiger partial charge < -0.3 is 9.64 Å². The number of nitrogens with zero attached hydrogens (tertiary/aromatic N) is 5. The van der Waals surface area contributed by atoms with E-state index in [2.05, 4.69) is 44.2 Å². The lowest BCUT2D eigenvalue weighted by molar-refractivity contribution is 0.295. The zero-order valence-electron chi connectivity index (χ0n) is 19.2. The van der Waals surface area contributed by atoms with Gasteiger partial charge >= 0.3 is 6.01 Å². The second-order valence-electron chi connectivity index (χ2n) is 7.58. The van der Waals surface area contributed by atoms with Gasteiger partial charge in [0.2, 0.25) is 0 Å². The van der Waals surface area contributed by atoms with Crippen LogP contribution in [-0.2, 0) is 6.42 Å². The Morgan fingerprint density at radius 1 is 1.06 bits per heavy atom. The second kappa shape index (κ2) is 13.1. The van der Waals surface area contributed by atoms with E-state index < -0.39 is 0 Å². The SMILES string of the molecule is CCCCN(CCC)c1cc(N/N=C/c2cccc(F)c2)nc(OCCc2ccccn2)n1. The molecule has 3 rings (SSSR count). The molecule has 7 nitrogen and oxygen atoms in total. The number of hydrogen-bond donors (Lipinski definition) is 1. The van der Waals surface area contributed by atoms with Gasteiger partial charge in [-0.1, -0.05) is 38.5 Å². The Hall–Kier alpha value is -3.55. The van der Waals surface area contributed by atoms with Crippen molar-refractivity contribution in [1.29, 1.82) is 0 Å². The first-order valence-electron chi connectivity index (χ1n) is 11.4. The minimum absolute atomic E-state index is 0.282. The van der Waals surface area contributed by atoms with Gasteiger partial charge in [-0.3, -0.25) is 10.4 Å². The molecule has 0 radical (unpaired) electrons. The molecule has 1 aromatic carbocycles. The molecule has 0 spiro atoms. The molecule has 0 unspecified atom stereocenters. The predicted molar refractivity (Wildman–Crippen MR) is 130 cm³/mol. The molecule has 0 aliphatic rings. The maximum atomic E-state index is 13.4. The van der Waals surface area contributed by atoms with Gasteiger partial charge in [0.1, 0.15) is 11.6 Å². The summed E-state index contributed by atoms with van der Waals surface area (Å²) in [6, 6.07) is 14.2. The fourth-order valence-corrected chi connectivity index (χ4v) is 3.21. The van der Waals surface area contributed by atoms with Gasteiger partial charge in [0.05, 0.1) is 12.8 Å². The van der Waals surface area contributed by atoms with Crippen molar-refractivity contribution in [3.63, 3.8) is 0 Å². The predicted octanol–water partition coefficient (Wildman–Crippen LogP) is 5.09. The van der Waals surface area contributed by atoms with Crippen molar-refractivity contribution >= 4 is 17.9 Å². The summed E-state index contributed by atoms with van der Waals surface area (Å²) >= 11 is 0. The molecule has 8 heteroatoms. The molecule has 2 heterocycles. The van der Waals surface area contributed by atoms with E-state index >= 15 is 0 Å². The molecule has 0 bridgehead atoms. The van der Waals surface area contributed by atoms with Crippen molar-refractivity contribution in [2.75, 3.05) is 30.0 Å². The lowest BCUT2D eigenvalue weighted by atomic mass is 10.2. The summed E-state index contributed by atoms with van der Waals surface area (Å²) in [5.74, 6) is 0.993. The molecular weight excluding hydrogens is 419 g/mol. The highest BCUT2D eigenvalue weighted by Gasteiger charge is 2.12. The van der Waals surface area contributed by atoms with Crippen LogP contribution in [0.25, 0.3) is 0 Å². The summed E-state index contributed by atoms with van der Waals surface area (Å²) in [6.07, 6.45) is 7.14. The third-order valence-electron chi connectivity index (χ3n) is 4.85. The van der Waals surface area contributed by atoms with Gasteiger partial charge in [0.15, 0.2) is 5.82 Å². The minimum Gasteiger partial charge on any atom is -0.463 e. The number of ether oxygens (including phenoxy) is 1. The van der Waals surface area contributed by atoms with Gasteiger partial charge in [-0.25, -0.2) is 4.39 Å². The van der Waals surface area contributed by atoms with Gasteiger partial charge in [0.25, 0.3) is 0 Å². The molecule has 0 aliphatic heterocycles. The largest absolute Gasteiger partial charge is 0.463 e. The van der Waals surface area contributed by atoms with Crippen LogP contribution in [-0.4, -0.2) is 40.9 Å². The number of nitrogens with one attached hydrogen (secondary N) is 1. The summed E-state index contributed by atoms with van der Waals surface area (Å²) in [6.45, 7) is 6.52. The Bertz CT molecular complexity index is 1010. The normalized spacial score (nSPS) is 11.0. The minimum atomic E-state index is -0.307. The highest BCUT2D eigenvalue weighted by Crippen LogP contribution is 2.21. The van der Waals surface area contributed by atoms with Crippen molar-refractivity contribution in [3.05, 3.63) is 71.8 Å². The number of aromatic nitrogens is 3. The third kappa shape index (κ3) is 8.14. The molecule has 0 aliphatic carbocycles. The number of unbranched alkanes of at least 4 members (excludes halogenated alkanes) is 1. The smallest absolute Gasteiger partial charge is 0.320 e. The zero-order valence-corrected chi connectivity index (χ0v) is 19.2. The molecule has 0 saturated carbocycles. The number of pyridine rings is 1. The van der Waals surface area contributed by atoms with E-state index in [0.717, 1.165) is 43.9 Å². The second-order valence-corrected chi connectivity index (χ2v) is 7.58. The first kappa shape index (κ1) is 24.1. The monoisotopic (exact) mass is 450 g/mol. The van der Waals surface area contributed by atoms with Crippen molar-refractivity contribution in [3.8, 4) is 6.01 Å². The summed E-state index contributed by atoms with van der Waals surface area (Å²) < 4.78 is 19.3. The molecule has 0 fully saturated rings. The average Bonchev–Trinajstić information content (AvgIpc) is 2.82. The number of rotatable bonds is 13. The van der Waals surface area contributed by atoms with Crippen LogP contribution in [0.15, 0.2) is 59.8 Å². The van der Waals surface area contributed by atoms with Gasteiger partial charge in [-0.15, -0.1) is 0 Å². The fourth-order valence-electron chi connectivity index (χ4n) is 3.21. The van der Waals surface area contributed by atoms with Crippen LogP contribution in [0.4, 0.5) is 16.0 Å². The number of halogens is 1. The molecule has 3 aromatic rings. The van der Waals surface area contributed by atoms with Crippen LogP contribution in [0, 0.1) is 5.82 Å². The van der Waals surface area contributed by atoms with E-state index in [4.69, 9.17) is 4.74 Å². The Kier molecular flexibility index (Phi) is 9.57. The van der Waals surface area contributed by atoms with Crippen LogP contribution in [0.1, 0.15) is 44.4 Å². The fraction of sp³-hybridized carbons (Fsp3) is 0.360. The Balaban J connectivity index is 1.76. The molecular formula is C25H31FN6O. The van der Waals surface area contributed by atoms with Crippen LogP contribution < -0.4 is 15.1 Å². The lowest BCUT2D eigenvalue weighted by Gasteiger charge is -2.23. The number of hydrazone groups is 1. The van der Waals surface area contributed by atoms with E-state index in [1.165, 1.54) is 12.1 Å². The number of anilines is 2. The van der Waals surface area contributed by atoms with Crippen molar-refractivity contribution < 1.29 is 9.13 Å². The highest BCUT2D eigenvalue weighted by molar-refractivity contribution is 5.80. The van der Waals surface area contributed by atoms with E-state index in [-0.39, 0.29) is 11.8 Å². The summed E-state index contributed by atoms with van der Waals surface area (Å²) in [5, 5.41) is 4.21. The van der Waals surface area contributed by atoms with Crippen LogP contribution >= 0.6 is 0 Å². The Labute approximate surface area is 194 Å².